The van der Waals surface area contributed by atoms with Crippen molar-refractivity contribution in [1.29, 1.82) is 0 Å². The van der Waals surface area contributed by atoms with Gasteiger partial charge in [-0.1, -0.05) is 11.8 Å². The highest BCUT2D eigenvalue weighted by molar-refractivity contribution is 8.01. The molecular weight excluding hydrogens is 356 g/mol. The molecule has 1 fully saturated rings. The first kappa shape index (κ1) is 17.1. The number of thioether (sulfide) groups is 1. The molecule has 0 unspecified atom stereocenters. The van der Waals surface area contributed by atoms with Gasteiger partial charge in [-0.25, -0.2) is 8.42 Å². The smallest absolute Gasteiger partial charge is 0.277 e. The quantitative estimate of drug-likeness (QED) is 0.821. The second-order valence-electron chi connectivity index (χ2n) is 5.28. The number of hydrogen-bond donors (Lipinski definition) is 1. The Morgan fingerprint density at radius 1 is 1.17 bits per heavy atom. The van der Waals surface area contributed by atoms with Crippen LogP contribution < -0.4 is 9.47 Å². The van der Waals surface area contributed by atoms with Crippen LogP contribution in [0.3, 0.4) is 0 Å². The summed E-state index contributed by atoms with van der Waals surface area (Å²) in [6, 6.07) is 5.16. The lowest BCUT2D eigenvalue weighted by Gasteiger charge is -2.08. The van der Waals surface area contributed by atoms with Gasteiger partial charge in [0, 0.05) is 11.6 Å². The molecule has 8 nitrogen and oxygen atoms in total. The van der Waals surface area contributed by atoms with Crippen molar-refractivity contribution in [2.45, 2.75) is 16.6 Å². The average molecular weight is 372 g/mol. The van der Waals surface area contributed by atoms with Gasteiger partial charge >= 0.3 is 0 Å². The molecule has 1 aliphatic heterocycles. The highest BCUT2D eigenvalue weighted by atomic mass is 32.2. The van der Waals surface area contributed by atoms with Gasteiger partial charge in [0.2, 0.25) is 5.89 Å². The first-order chi connectivity index (χ1) is 11.4. The summed E-state index contributed by atoms with van der Waals surface area (Å²) in [5, 5.41) is 17.4. The summed E-state index contributed by atoms with van der Waals surface area (Å²) < 4.78 is 39.0. The minimum Gasteiger partial charge on any atom is -0.497 e. The van der Waals surface area contributed by atoms with E-state index in [2.05, 4.69) is 10.2 Å². The molecule has 1 saturated heterocycles. The molecule has 0 aliphatic carbocycles. The number of methoxy groups -OCH3 is 2. The molecule has 1 aliphatic rings. The van der Waals surface area contributed by atoms with Crippen LogP contribution in [0.2, 0.25) is 0 Å². The Morgan fingerprint density at radius 3 is 2.38 bits per heavy atom. The number of sulfone groups is 1. The van der Waals surface area contributed by atoms with E-state index < -0.39 is 21.2 Å². The van der Waals surface area contributed by atoms with Gasteiger partial charge < -0.3 is 19.0 Å². The molecule has 24 heavy (non-hydrogen) atoms. The van der Waals surface area contributed by atoms with E-state index in [1.807, 2.05) is 0 Å². The minimum absolute atomic E-state index is 0.108. The maximum Gasteiger partial charge on any atom is 0.277 e. The van der Waals surface area contributed by atoms with E-state index in [9.17, 15) is 13.5 Å². The van der Waals surface area contributed by atoms with Crippen LogP contribution in [-0.2, 0) is 9.84 Å². The zero-order chi connectivity index (χ0) is 17.3. The van der Waals surface area contributed by atoms with Gasteiger partial charge in [-0.2, -0.15) is 0 Å². The predicted molar refractivity (Wildman–Crippen MR) is 87.1 cm³/mol. The summed E-state index contributed by atoms with van der Waals surface area (Å²) in [5.41, 5.74) is 0.616. The topological polar surface area (TPSA) is 112 Å². The van der Waals surface area contributed by atoms with Crippen LogP contribution in [0.4, 0.5) is 0 Å². The second-order valence-corrected chi connectivity index (χ2v) is 8.62. The maximum atomic E-state index is 11.5. The summed E-state index contributed by atoms with van der Waals surface area (Å²) in [6.07, 6.45) is -0.938. The van der Waals surface area contributed by atoms with Crippen molar-refractivity contribution in [1.82, 2.24) is 10.2 Å². The van der Waals surface area contributed by atoms with Crippen molar-refractivity contribution in [2.75, 3.05) is 25.7 Å². The monoisotopic (exact) mass is 372 g/mol. The van der Waals surface area contributed by atoms with Crippen molar-refractivity contribution in [2.24, 2.45) is 0 Å². The number of aliphatic hydroxyl groups is 1. The molecule has 1 aromatic carbocycles. The summed E-state index contributed by atoms with van der Waals surface area (Å²) in [5.74, 6) is 1.07. The van der Waals surface area contributed by atoms with Crippen molar-refractivity contribution in [3.05, 3.63) is 18.2 Å². The van der Waals surface area contributed by atoms with E-state index in [1.54, 1.807) is 18.2 Å². The van der Waals surface area contributed by atoms with Crippen molar-refractivity contribution in [3.8, 4) is 23.0 Å². The zero-order valence-corrected chi connectivity index (χ0v) is 14.6. The first-order valence-electron chi connectivity index (χ1n) is 7.02. The SMILES string of the molecule is COc1cc(OC)cc(-c2nnc(S[C@@H]3CS(=O)(=O)C[C@@H]3O)o2)c1. The molecule has 2 atom stereocenters. The van der Waals surface area contributed by atoms with Crippen LogP contribution in [0.1, 0.15) is 0 Å². The molecule has 0 spiro atoms. The number of hydrogen-bond acceptors (Lipinski definition) is 9. The number of benzene rings is 1. The fraction of sp³-hybridized carbons (Fsp3) is 0.429. The molecular formula is C14H16N2O6S2. The van der Waals surface area contributed by atoms with Gasteiger partial charge in [0.1, 0.15) is 11.5 Å². The minimum atomic E-state index is -3.22. The molecule has 3 rings (SSSR count). The molecule has 0 bridgehead atoms. The van der Waals surface area contributed by atoms with Crippen molar-refractivity contribution in [3.63, 3.8) is 0 Å². The molecule has 1 aromatic heterocycles. The lowest BCUT2D eigenvalue weighted by molar-refractivity contribution is 0.207. The average Bonchev–Trinajstić information content (AvgIpc) is 3.11. The number of rotatable bonds is 5. The third-order valence-electron chi connectivity index (χ3n) is 3.53. The Hall–Kier alpha value is -1.78. The third kappa shape index (κ3) is 3.65. The number of nitrogens with zero attached hydrogens (tertiary/aromatic N) is 2. The van der Waals surface area contributed by atoms with Crippen LogP contribution in [0.25, 0.3) is 11.5 Å². The number of aromatic nitrogens is 2. The summed E-state index contributed by atoms with van der Waals surface area (Å²) >= 11 is 1.07. The van der Waals surface area contributed by atoms with Gasteiger partial charge in [-0.15, -0.1) is 10.2 Å². The molecule has 0 saturated carbocycles. The Bertz CT molecular complexity index is 813. The molecule has 2 aromatic rings. The van der Waals surface area contributed by atoms with Crippen LogP contribution in [0.15, 0.2) is 27.8 Å². The van der Waals surface area contributed by atoms with Gasteiger partial charge in [0.15, 0.2) is 9.84 Å². The first-order valence-corrected chi connectivity index (χ1v) is 9.72. The molecule has 0 amide bonds. The lowest BCUT2D eigenvalue weighted by atomic mass is 10.2. The molecule has 0 radical (unpaired) electrons. The van der Waals surface area contributed by atoms with Crippen LogP contribution in [0.5, 0.6) is 11.5 Å². The van der Waals surface area contributed by atoms with E-state index in [0.29, 0.717) is 17.1 Å². The standard InChI is InChI=1S/C14H16N2O6S2/c1-20-9-3-8(4-10(5-9)21-2)13-15-16-14(22-13)23-12-7-24(18,19)6-11(12)17/h3-5,11-12,17H,6-7H2,1-2H3/t11-,12+/m0/s1. The van der Waals surface area contributed by atoms with Gasteiger partial charge in [-0.3, -0.25) is 0 Å². The Balaban J connectivity index is 1.81. The van der Waals surface area contributed by atoms with E-state index >= 15 is 0 Å². The van der Waals surface area contributed by atoms with Crippen molar-refractivity contribution < 1.29 is 27.4 Å². The van der Waals surface area contributed by atoms with E-state index in [4.69, 9.17) is 13.9 Å². The fourth-order valence-corrected chi connectivity index (χ4v) is 5.70. The highest BCUT2D eigenvalue weighted by Crippen LogP contribution is 2.34. The van der Waals surface area contributed by atoms with Gasteiger partial charge in [-0.05, 0) is 12.1 Å². The zero-order valence-electron chi connectivity index (χ0n) is 13.0. The number of aliphatic hydroxyl groups excluding tert-OH is 1. The highest BCUT2D eigenvalue weighted by Gasteiger charge is 2.38. The Morgan fingerprint density at radius 2 is 1.83 bits per heavy atom. The summed E-state index contributed by atoms with van der Waals surface area (Å²) in [4.78, 5) is 0. The maximum absolute atomic E-state index is 11.5. The number of ether oxygens (including phenoxy) is 2. The van der Waals surface area contributed by atoms with Crippen LogP contribution in [0, 0.1) is 0 Å². The van der Waals surface area contributed by atoms with E-state index in [0.717, 1.165) is 11.8 Å². The normalized spacial score (nSPS) is 22.5. The van der Waals surface area contributed by atoms with Gasteiger partial charge in [0.25, 0.3) is 5.22 Å². The molecule has 2 heterocycles. The fourth-order valence-electron chi connectivity index (χ4n) is 2.34. The summed E-state index contributed by atoms with van der Waals surface area (Å²) in [7, 11) is -0.147. The third-order valence-corrected chi connectivity index (χ3v) is 6.61. The molecule has 130 valence electrons. The van der Waals surface area contributed by atoms with Crippen LogP contribution >= 0.6 is 11.8 Å². The van der Waals surface area contributed by atoms with E-state index in [-0.39, 0.29) is 22.6 Å². The van der Waals surface area contributed by atoms with E-state index in [1.165, 1.54) is 14.2 Å². The summed E-state index contributed by atoms with van der Waals surface area (Å²) in [6.45, 7) is 0. The largest absolute Gasteiger partial charge is 0.497 e. The Kier molecular flexibility index (Phi) is 4.70. The van der Waals surface area contributed by atoms with Crippen LogP contribution in [-0.4, -0.2) is 60.8 Å². The second kappa shape index (κ2) is 6.61. The lowest BCUT2D eigenvalue weighted by Crippen LogP contribution is -2.19. The molecule has 10 heteroatoms. The van der Waals surface area contributed by atoms with Gasteiger partial charge in [0.05, 0.1) is 37.1 Å². The Labute approximate surface area is 143 Å². The molecule has 1 N–H and O–H groups in total. The van der Waals surface area contributed by atoms with Crippen molar-refractivity contribution >= 4 is 21.6 Å². The predicted octanol–water partition coefficient (Wildman–Crippen LogP) is 1.00.